The minimum atomic E-state index is -1.02. The summed E-state index contributed by atoms with van der Waals surface area (Å²) in [6.07, 6.45) is 1.86. The van der Waals surface area contributed by atoms with E-state index in [0.717, 1.165) is 11.1 Å². The van der Waals surface area contributed by atoms with Gasteiger partial charge in [-0.25, -0.2) is 0 Å². The highest BCUT2D eigenvalue weighted by Gasteiger charge is 2.17. The quantitative estimate of drug-likeness (QED) is 0.228. The van der Waals surface area contributed by atoms with Crippen LogP contribution in [0, 0.1) is 0 Å². The largest absolute Gasteiger partial charge is 0.512 e. The number of carboxylic acid groups (broad SMARTS) is 1. The zero-order valence-corrected chi connectivity index (χ0v) is 22.2. The predicted octanol–water partition coefficient (Wildman–Crippen LogP) is 3.60. The number of carbonyl (C=O) groups is 3. The number of hydrogen-bond acceptors (Lipinski definition) is 8. The van der Waals surface area contributed by atoms with E-state index < -0.39 is 5.97 Å². The first-order valence-electron chi connectivity index (χ1n) is 12.6. The van der Waals surface area contributed by atoms with Crippen LogP contribution in [0.25, 0.3) is 0 Å². The number of nitrogens with zero attached hydrogens (tertiary/aromatic N) is 2. The minimum Gasteiger partial charge on any atom is -0.512 e. The molecule has 0 spiro atoms. The number of phenols is 2. The lowest BCUT2D eigenvalue weighted by Gasteiger charge is -2.27. The average Bonchev–Trinajstić information content (AvgIpc) is 2.82. The fourth-order valence-corrected chi connectivity index (χ4v) is 4.12. The summed E-state index contributed by atoms with van der Waals surface area (Å²) in [7, 11) is 0. The average molecular weight is 527 g/mol. The number of aliphatic hydroxyl groups excluding tert-OH is 1. The van der Waals surface area contributed by atoms with Gasteiger partial charge in [0.25, 0.3) is 0 Å². The van der Waals surface area contributed by atoms with Crippen molar-refractivity contribution in [1.29, 1.82) is 0 Å². The summed E-state index contributed by atoms with van der Waals surface area (Å²) in [5, 5.41) is 40.1. The molecule has 0 aliphatic heterocycles. The van der Waals surface area contributed by atoms with E-state index >= 15 is 0 Å². The summed E-state index contributed by atoms with van der Waals surface area (Å²) < 4.78 is 0. The monoisotopic (exact) mass is 526 g/mol. The van der Waals surface area contributed by atoms with Crippen molar-refractivity contribution in [2.24, 2.45) is 0 Å². The molecular weight excluding hydrogens is 488 g/mol. The van der Waals surface area contributed by atoms with E-state index in [0.29, 0.717) is 49.9 Å². The van der Waals surface area contributed by atoms with Gasteiger partial charge in [0.2, 0.25) is 0 Å². The van der Waals surface area contributed by atoms with E-state index in [1.807, 2.05) is 11.0 Å². The Kier molecular flexibility index (Phi) is 12.0. The lowest BCUT2D eigenvalue weighted by Crippen LogP contribution is -2.38. The van der Waals surface area contributed by atoms with Crippen LogP contribution in [0.3, 0.4) is 0 Å². The maximum atomic E-state index is 11.6. The minimum absolute atomic E-state index is 0.0415. The zero-order valence-electron chi connectivity index (χ0n) is 22.2. The van der Waals surface area contributed by atoms with E-state index in [1.54, 1.807) is 35.2 Å². The summed E-state index contributed by atoms with van der Waals surface area (Å²) in [6, 6.07) is 10.2. The van der Waals surface area contributed by atoms with Crippen LogP contribution in [-0.2, 0) is 40.3 Å². The highest BCUT2D eigenvalue weighted by Crippen LogP contribution is 2.23. The molecule has 38 heavy (non-hydrogen) atoms. The molecule has 9 heteroatoms. The van der Waals surface area contributed by atoms with Crippen LogP contribution < -0.4 is 0 Å². The number of aryl methyl sites for hydroxylation is 2. The van der Waals surface area contributed by atoms with Crippen LogP contribution in [-0.4, -0.2) is 73.9 Å². The number of Topliss-reactive ketones (excluding diaryl/α,β-unsaturated/α-hetero) is 2. The van der Waals surface area contributed by atoms with E-state index in [4.69, 9.17) is 0 Å². The van der Waals surface area contributed by atoms with Gasteiger partial charge in [-0.3, -0.25) is 14.6 Å². The van der Waals surface area contributed by atoms with Crippen LogP contribution in [0.2, 0.25) is 0 Å². The third-order valence-electron chi connectivity index (χ3n) is 6.10. The predicted molar refractivity (Wildman–Crippen MR) is 144 cm³/mol. The van der Waals surface area contributed by atoms with Gasteiger partial charge in [0.05, 0.1) is 18.8 Å². The molecule has 0 fully saturated rings. The zero-order chi connectivity index (χ0) is 28.2. The molecule has 0 aromatic heterocycles. The number of rotatable bonds is 17. The molecule has 0 amide bonds. The van der Waals surface area contributed by atoms with Crippen molar-refractivity contribution in [3.8, 4) is 11.5 Å². The Morgan fingerprint density at radius 2 is 1.16 bits per heavy atom. The molecule has 4 N–H and O–H groups in total. The second-order valence-electron chi connectivity index (χ2n) is 9.71. The molecule has 0 heterocycles. The van der Waals surface area contributed by atoms with Crippen molar-refractivity contribution in [2.75, 3.05) is 26.2 Å². The fraction of sp³-hybridized carbons (Fsp3) is 0.414. The van der Waals surface area contributed by atoms with Crippen molar-refractivity contribution in [1.82, 2.24) is 9.80 Å². The standard InChI is InChI=1S/C29H38N2O7/c1-20(32)4-6-23-8-10-27(35)25(14-23)17-30(16-22(3)34)12-13-31(19-29(37)38)18-26-15-24(7-5-21(2)33)9-11-28(26)36/h8-11,14-15,34-36H,3-7,12-13,16-19H2,1-2H3,(H,37,38). The number of benzene rings is 2. The maximum Gasteiger partial charge on any atom is 0.317 e. The third-order valence-corrected chi connectivity index (χ3v) is 6.10. The number of aliphatic carboxylic acids is 1. The first-order valence-corrected chi connectivity index (χ1v) is 12.6. The van der Waals surface area contributed by atoms with Crippen molar-refractivity contribution in [3.05, 3.63) is 71.0 Å². The smallest absolute Gasteiger partial charge is 0.317 e. The van der Waals surface area contributed by atoms with E-state index in [2.05, 4.69) is 6.58 Å². The summed E-state index contributed by atoms with van der Waals surface area (Å²) in [6.45, 7) is 7.54. The lowest BCUT2D eigenvalue weighted by molar-refractivity contribution is -0.138. The highest BCUT2D eigenvalue weighted by atomic mass is 16.4. The number of aliphatic hydroxyl groups is 1. The molecule has 0 atom stereocenters. The van der Waals surface area contributed by atoms with Crippen LogP contribution >= 0.6 is 0 Å². The van der Waals surface area contributed by atoms with E-state index in [-0.39, 0.29) is 55.0 Å². The van der Waals surface area contributed by atoms with Gasteiger partial charge in [0.15, 0.2) is 0 Å². The molecule has 0 bridgehead atoms. The van der Waals surface area contributed by atoms with Crippen LogP contribution in [0.5, 0.6) is 11.5 Å². The fourth-order valence-electron chi connectivity index (χ4n) is 4.12. The van der Waals surface area contributed by atoms with Crippen molar-refractivity contribution >= 4 is 17.5 Å². The second-order valence-corrected chi connectivity index (χ2v) is 9.71. The lowest BCUT2D eigenvalue weighted by atomic mass is 10.0. The normalized spacial score (nSPS) is 11.2. The number of carbonyl (C=O) groups excluding carboxylic acids is 2. The van der Waals surface area contributed by atoms with Gasteiger partial charge in [0, 0.05) is 50.1 Å². The highest BCUT2D eigenvalue weighted by molar-refractivity contribution is 5.76. The Labute approximate surface area is 223 Å². The summed E-state index contributed by atoms with van der Waals surface area (Å²) in [5.41, 5.74) is 2.96. The Bertz CT molecular complexity index is 1060. The van der Waals surface area contributed by atoms with Crippen molar-refractivity contribution in [3.63, 3.8) is 0 Å². The van der Waals surface area contributed by atoms with Crippen molar-refractivity contribution < 1.29 is 34.8 Å². The molecule has 0 aliphatic carbocycles. The van der Waals surface area contributed by atoms with Crippen LogP contribution in [0.15, 0.2) is 48.7 Å². The van der Waals surface area contributed by atoms with E-state index in [9.17, 15) is 34.8 Å². The van der Waals surface area contributed by atoms with Gasteiger partial charge in [-0.05, 0) is 49.9 Å². The first-order chi connectivity index (χ1) is 17.9. The third kappa shape index (κ3) is 11.1. The van der Waals surface area contributed by atoms with Gasteiger partial charge in [-0.2, -0.15) is 0 Å². The number of ketones is 2. The first kappa shape index (κ1) is 30.5. The second kappa shape index (κ2) is 14.9. The summed E-state index contributed by atoms with van der Waals surface area (Å²) in [4.78, 5) is 37.8. The van der Waals surface area contributed by atoms with Gasteiger partial charge in [-0.1, -0.05) is 30.8 Å². The number of carboxylic acids is 1. The maximum absolute atomic E-state index is 11.6. The molecule has 2 aromatic rings. The van der Waals surface area contributed by atoms with Crippen molar-refractivity contribution in [2.45, 2.75) is 52.6 Å². The van der Waals surface area contributed by atoms with Gasteiger partial charge in [-0.15, -0.1) is 0 Å². The van der Waals surface area contributed by atoms with Gasteiger partial charge < -0.3 is 30.0 Å². The molecule has 0 saturated carbocycles. The Balaban J connectivity index is 2.17. The molecule has 0 saturated heterocycles. The molecule has 206 valence electrons. The Hall–Kier alpha value is -3.69. The van der Waals surface area contributed by atoms with Crippen LogP contribution in [0.1, 0.15) is 48.9 Å². The molecule has 0 unspecified atom stereocenters. The molecule has 0 aliphatic rings. The van der Waals surface area contributed by atoms with E-state index in [1.165, 1.54) is 13.8 Å². The topological polar surface area (TPSA) is 139 Å². The van der Waals surface area contributed by atoms with Crippen LogP contribution in [0.4, 0.5) is 0 Å². The molecule has 2 rings (SSSR count). The molecule has 0 radical (unpaired) electrons. The Morgan fingerprint density at radius 3 is 1.53 bits per heavy atom. The summed E-state index contributed by atoms with van der Waals surface area (Å²) in [5.74, 6) is -0.830. The molecular formula is C29H38N2O7. The SMILES string of the molecule is C=C(O)CN(CCN(CC(=O)O)Cc1cc(CCC(C)=O)ccc1O)Cc1cc(CCC(C)=O)ccc1O. The number of aromatic hydroxyl groups is 2. The summed E-state index contributed by atoms with van der Waals surface area (Å²) >= 11 is 0. The number of phenolic OH excluding ortho intramolecular Hbond substituents is 2. The Morgan fingerprint density at radius 1 is 0.737 bits per heavy atom. The van der Waals surface area contributed by atoms with Gasteiger partial charge in [0.1, 0.15) is 23.1 Å². The molecule has 9 nitrogen and oxygen atoms in total. The molecule has 2 aromatic carbocycles. The van der Waals surface area contributed by atoms with Gasteiger partial charge >= 0.3 is 5.97 Å². The number of hydrogen-bond donors (Lipinski definition) is 4.